The molecule has 1 aromatic heterocycles. The van der Waals surface area contributed by atoms with E-state index in [0.717, 1.165) is 62.0 Å². The number of piperidine rings is 1. The van der Waals surface area contributed by atoms with E-state index in [1.165, 1.54) is 5.56 Å². The van der Waals surface area contributed by atoms with E-state index >= 15 is 0 Å². The number of carbonyl (C=O) groups excluding carboxylic acids is 1. The molecule has 1 aromatic carbocycles. The van der Waals surface area contributed by atoms with Gasteiger partial charge in [0.25, 0.3) is 11.5 Å². The van der Waals surface area contributed by atoms with Crippen LogP contribution in [-0.2, 0) is 18.3 Å². The van der Waals surface area contributed by atoms with Crippen molar-refractivity contribution in [2.75, 3.05) is 13.1 Å². The summed E-state index contributed by atoms with van der Waals surface area (Å²) in [6.07, 6.45) is 4.56. The Balaban J connectivity index is 1.47. The van der Waals surface area contributed by atoms with Crippen LogP contribution in [0.5, 0.6) is 0 Å². The van der Waals surface area contributed by atoms with E-state index in [1.807, 2.05) is 24.0 Å². The molecule has 148 valence electrons. The third-order valence-corrected chi connectivity index (χ3v) is 6.34. The Morgan fingerprint density at radius 1 is 1.18 bits per heavy atom. The third kappa shape index (κ3) is 3.38. The zero-order valence-electron chi connectivity index (χ0n) is 17.0. The van der Waals surface area contributed by atoms with Crippen molar-refractivity contribution in [2.24, 2.45) is 5.92 Å². The van der Waals surface area contributed by atoms with Gasteiger partial charge >= 0.3 is 0 Å². The first-order valence-electron chi connectivity index (χ1n) is 10.4. The average Bonchev–Trinajstić information content (AvgIpc) is 3.00. The quantitative estimate of drug-likeness (QED) is 0.889. The van der Waals surface area contributed by atoms with Crippen molar-refractivity contribution in [3.8, 4) is 0 Å². The van der Waals surface area contributed by atoms with Gasteiger partial charge in [0, 0.05) is 29.6 Å². The van der Waals surface area contributed by atoms with Crippen LogP contribution in [0.2, 0.25) is 0 Å². The summed E-state index contributed by atoms with van der Waals surface area (Å²) in [5, 5.41) is 0. The minimum absolute atomic E-state index is 0.0133. The first-order chi connectivity index (χ1) is 13.4. The Morgan fingerprint density at radius 3 is 2.50 bits per heavy atom. The lowest BCUT2D eigenvalue weighted by Crippen LogP contribution is -2.44. The first kappa shape index (κ1) is 18.9. The molecule has 0 radical (unpaired) electrons. The lowest BCUT2D eigenvalue weighted by molar-refractivity contribution is 0.0663. The predicted molar refractivity (Wildman–Crippen MR) is 110 cm³/mol. The fraction of sp³-hybridized carbons (Fsp3) is 0.522. The van der Waals surface area contributed by atoms with Crippen LogP contribution in [-0.4, -0.2) is 33.9 Å². The molecule has 0 saturated carbocycles. The number of benzene rings is 1. The van der Waals surface area contributed by atoms with Crippen molar-refractivity contribution >= 4 is 5.91 Å². The van der Waals surface area contributed by atoms with Crippen LogP contribution in [0.3, 0.4) is 0 Å². The molecular formula is C23H29N3O2. The minimum atomic E-state index is -0.0355. The van der Waals surface area contributed by atoms with Gasteiger partial charge in [0.15, 0.2) is 0 Å². The molecule has 1 N–H and O–H groups in total. The maximum atomic E-state index is 12.9. The van der Waals surface area contributed by atoms with Crippen LogP contribution in [0.15, 0.2) is 29.1 Å². The third-order valence-electron chi connectivity index (χ3n) is 6.34. The molecule has 1 aliphatic carbocycles. The summed E-state index contributed by atoms with van der Waals surface area (Å²) in [6, 6.07) is 8.06. The zero-order chi connectivity index (χ0) is 19.9. The average molecular weight is 380 g/mol. The lowest BCUT2D eigenvalue weighted by Gasteiger charge is -2.39. The maximum absolute atomic E-state index is 12.9. The van der Waals surface area contributed by atoms with Gasteiger partial charge < -0.3 is 9.88 Å². The van der Waals surface area contributed by atoms with Gasteiger partial charge in [0.2, 0.25) is 0 Å². The SMILES string of the molecule is Cc1nc2c(c(=O)[nH]1)CCC21CCN(C(=O)c2ccc(CC(C)C)cc2)CC1. The van der Waals surface area contributed by atoms with E-state index in [2.05, 4.69) is 31.0 Å². The molecule has 1 fully saturated rings. The molecule has 2 heterocycles. The van der Waals surface area contributed by atoms with Gasteiger partial charge in [-0.3, -0.25) is 9.59 Å². The Labute approximate surface area is 166 Å². The Morgan fingerprint density at radius 2 is 1.86 bits per heavy atom. The molecule has 1 amide bonds. The molecule has 0 unspecified atom stereocenters. The second kappa shape index (κ2) is 7.19. The highest BCUT2D eigenvalue weighted by Gasteiger charge is 2.44. The summed E-state index contributed by atoms with van der Waals surface area (Å²) in [5.74, 6) is 1.41. The van der Waals surface area contributed by atoms with E-state index in [1.54, 1.807) is 0 Å². The van der Waals surface area contributed by atoms with Crippen LogP contribution in [0.25, 0.3) is 0 Å². The van der Waals surface area contributed by atoms with Gasteiger partial charge in [0.05, 0.1) is 5.69 Å². The second-order valence-corrected chi connectivity index (χ2v) is 8.85. The van der Waals surface area contributed by atoms with Crippen molar-refractivity contribution in [1.29, 1.82) is 0 Å². The maximum Gasteiger partial charge on any atom is 0.254 e. The number of nitrogens with one attached hydrogen (secondary N) is 1. The summed E-state index contributed by atoms with van der Waals surface area (Å²) in [5.41, 5.74) is 3.86. The highest BCUT2D eigenvalue weighted by atomic mass is 16.2. The number of likely N-dealkylation sites (tertiary alicyclic amines) is 1. The second-order valence-electron chi connectivity index (χ2n) is 8.85. The van der Waals surface area contributed by atoms with Crippen LogP contribution >= 0.6 is 0 Å². The smallest absolute Gasteiger partial charge is 0.254 e. The van der Waals surface area contributed by atoms with Crippen molar-refractivity contribution < 1.29 is 4.79 Å². The highest BCUT2D eigenvalue weighted by molar-refractivity contribution is 5.94. The Hall–Kier alpha value is -2.43. The van der Waals surface area contributed by atoms with Crippen molar-refractivity contribution in [3.63, 3.8) is 0 Å². The standard InChI is InChI=1S/C23H29N3O2/c1-15(2)14-17-4-6-18(7-5-17)22(28)26-12-10-23(11-13-26)9-8-19-20(23)24-16(3)25-21(19)27/h4-7,15H,8-14H2,1-3H3,(H,24,25,27). The van der Waals surface area contributed by atoms with E-state index in [0.29, 0.717) is 11.7 Å². The largest absolute Gasteiger partial charge is 0.339 e. The molecule has 28 heavy (non-hydrogen) atoms. The number of aromatic amines is 1. The van der Waals surface area contributed by atoms with E-state index < -0.39 is 0 Å². The van der Waals surface area contributed by atoms with E-state index in [9.17, 15) is 9.59 Å². The molecule has 5 heteroatoms. The predicted octanol–water partition coefficient (Wildman–Crippen LogP) is 3.40. The molecule has 2 aromatic rings. The van der Waals surface area contributed by atoms with Crippen molar-refractivity contribution in [1.82, 2.24) is 14.9 Å². The van der Waals surface area contributed by atoms with Crippen LogP contribution in [0, 0.1) is 12.8 Å². The minimum Gasteiger partial charge on any atom is -0.339 e. The number of aryl methyl sites for hydroxylation is 1. The summed E-state index contributed by atoms with van der Waals surface area (Å²) < 4.78 is 0. The number of hydrogen-bond donors (Lipinski definition) is 1. The topological polar surface area (TPSA) is 66.1 Å². The van der Waals surface area contributed by atoms with Crippen LogP contribution in [0.1, 0.15) is 66.1 Å². The van der Waals surface area contributed by atoms with Crippen LogP contribution < -0.4 is 5.56 Å². The number of H-pyrrole nitrogens is 1. The molecule has 1 spiro atoms. The molecule has 4 rings (SSSR count). The summed E-state index contributed by atoms with van der Waals surface area (Å²) in [7, 11) is 0. The molecular weight excluding hydrogens is 350 g/mol. The number of nitrogens with zero attached hydrogens (tertiary/aromatic N) is 2. The monoisotopic (exact) mass is 379 g/mol. The van der Waals surface area contributed by atoms with Gasteiger partial charge in [0.1, 0.15) is 5.82 Å². The Bertz CT molecular complexity index is 935. The molecule has 0 bridgehead atoms. The first-order valence-corrected chi connectivity index (χ1v) is 10.4. The summed E-state index contributed by atoms with van der Waals surface area (Å²) >= 11 is 0. The van der Waals surface area contributed by atoms with Gasteiger partial charge in [-0.1, -0.05) is 26.0 Å². The molecule has 1 saturated heterocycles. The van der Waals surface area contributed by atoms with Gasteiger partial charge in [-0.05, 0) is 62.6 Å². The highest BCUT2D eigenvalue weighted by Crippen LogP contribution is 2.44. The molecule has 1 aliphatic heterocycles. The number of amides is 1. The fourth-order valence-corrected chi connectivity index (χ4v) is 4.83. The molecule has 0 atom stereocenters. The number of hydrogen-bond acceptors (Lipinski definition) is 3. The number of carbonyl (C=O) groups is 1. The number of aromatic nitrogens is 2. The zero-order valence-corrected chi connectivity index (χ0v) is 17.0. The summed E-state index contributed by atoms with van der Waals surface area (Å²) in [4.78, 5) is 34.7. The van der Waals surface area contributed by atoms with Gasteiger partial charge in [-0.2, -0.15) is 0 Å². The van der Waals surface area contributed by atoms with Crippen molar-refractivity contribution in [3.05, 3.63) is 62.8 Å². The fourth-order valence-electron chi connectivity index (χ4n) is 4.83. The number of fused-ring (bicyclic) bond motifs is 2. The normalized spacial score (nSPS) is 17.9. The van der Waals surface area contributed by atoms with E-state index in [4.69, 9.17) is 4.98 Å². The molecule has 5 nitrogen and oxygen atoms in total. The molecule has 2 aliphatic rings. The van der Waals surface area contributed by atoms with Crippen molar-refractivity contribution in [2.45, 2.75) is 58.3 Å². The number of rotatable bonds is 3. The van der Waals surface area contributed by atoms with E-state index in [-0.39, 0.29) is 16.9 Å². The Kier molecular flexibility index (Phi) is 4.86. The summed E-state index contributed by atoms with van der Waals surface area (Å²) in [6.45, 7) is 7.69. The lowest BCUT2D eigenvalue weighted by atomic mass is 9.76. The van der Waals surface area contributed by atoms with Gasteiger partial charge in [-0.15, -0.1) is 0 Å². The van der Waals surface area contributed by atoms with Gasteiger partial charge in [-0.25, -0.2) is 4.98 Å². The van der Waals surface area contributed by atoms with Crippen LogP contribution in [0.4, 0.5) is 0 Å².